The Hall–Kier alpha value is -3.66. The molecule has 3 heterocycles. The molecule has 1 aliphatic heterocycles. The van der Waals surface area contributed by atoms with Gasteiger partial charge in [0.25, 0.3) is 5.91 Å². The number of aromatic nitrogens is 2. The molecule has 0 saturated carbocycles. The highest BCUT2D eigenvalue weighted by Crippen LogP contribution is 2.35. The highest BCUT2D eigenvalue weighted by molar-refractivity contribution is 6.07. The minimum absolute atomic E-state index is 0.00856. The summed E-state index contributed by atoms with van der Waals surface area (Å²) >= 11 is 0. The molecule has 0 radical (unpaired) electrons. The highest BCUT2D eigenvalue weighted by Gasteiger charge is 2.32. The van der Waals surface area contributed by atoms with E-state index in [-0.39, 0.29) is 17.0 Å². The molecule has 1 saturated heterocycles. The molecule has 3 aromatic rings. The number of hydrogen-bond acceptors (Lipinski definition) is 6. The number of hydrogen-bond donors (Lipinski definition) is 2. The van der Waals surface area contributed by atoms with E-state index in [2.05, 4.69) is 20.6 Å². The quantitative estimate of drug-likeness (QED) is 0.540. The number of amides is 1. The van der Waals surface area contributed by atoms with Crippen LogP contribution in [0.3, 0.4) is 0 Å². The Morgan fingerprint density at radius 2 is 1.91 bits per heavy atom. The molecule has 0 spiro atoms. The third-order valence-corrected chi connectivity index (χ3v) is 5.02. The second-order valence-electron chi connectivity index (χ2n) is 7.85. The van der Waals surface area contributed by atoms with Gasteiger partial charge in [-0.1, -0.05) is 6.92 Å². The smallest absolute Gasteiger partial charge is 0.406 e. The molecule has 172 valence electrons. The number of pyridine rings is 2. The van der Waals surface area contributed by atoms with Crippen molar-refractivity contribution in [2.45, 2.75) is 19.6 Å². The zero-order valence-electron chi connectivity index (χ0n) is 17.8. The Morgan fingerprint density at radius 1 is 1.15 bits per heavy atom. The molecule has 1 aromatic carbocycles. The van der Waals surface area contributed by atoms with E-state index in [0.29, 0.717) is 31.4 Å². The Bertz CT molecular complexity index is 1120. The molecule has 2 N–H and O–H groups in total. The third kappa shape index (κ3) is 5.78. The second-order valence-corrected chi connectivity index (χ2v) is 7.85. The molecule has 0 unspecified atom stereocenters. The van der Waals surface area contributed by atoms with Crippen molar-refractivity contribution < 1.29 is 22.8 Å². The summed E-state index contributed by atoms with van der Waals surface area (Å²) < 4.78 is 40.3. The van der Waals surface area contributed by atoms with Crippen LogP contribution in [0.25, 0.3) is 0 Å². The second kappa shape index (κ2) is 9.45. The van der Waals surface area contributed by atoms with Crippen molar-refractivity contribution in [3.8, 4) is 5.75 Å². The number of carbonyl (C=O) groups is 1. The van der Waals surface area contributed by atoms with Crippen LogP contribution in [0, 0.1) is 5.92 Å². The highest BCUT2D eigenvalue weighted by atomic mass is 19.4. The van der Waals surface area contributed by atoms with Crippen LogP contribution in [0.5, 0.6) is 5.75 Å². The zero-order valence-corrected chi connectivity index (χ0v) is 17.8. The molecule has 1 fully saturated rings. The van der Waals surface area contributed by atoms with Gasteiger partial charge in [-0.05, 0) is 47.9 Å². The minimum atomic E-state index is -4.59. The maximum Gasteiger partial charge on any atom is 0.416 e. The van der Waals surface area contributed by atoms with Gasteiger partial charge in [0.05, 0.1) is 11.1 Å². The fourth-order valence-electron chi connectivity index (χ4n) is 3.37. The van der Waals surface area contributed by atoms with Gasteiger partial charge in [0.1, 0.15) is 11.6 Å². The van der Waals surface area contributed by atoms with E-state index in [9.17, 15) is 18.0 Å². The summed E-state index contributed by atoms with van der Waals surface area (Å²) in [6.45, 7) is 3.67. The Balaban J connectivity index is 1.53. The molecule has 7 nitrogen and oxygen atoms in total. The van der Waals surface area contributed by atoms with Gasteiger partial charge in [-0.15, -0.1) is 5.06 Å². The molecule has 0 bridgehead atoms. The summed E-state index contributed by atoms with van der Waals surface area (Å²) in [4.78, 5) is 26.6. The van der Waals surface area contributed by atoms with Gasteiger partial charge in [0.2, 0.25) is 0 Å². The summed E-state index contributed by atoms with van der Waals surface area (Å²) in [6, 6.07) is 9.93. The summed E-state index contributed by atoms with van der Waals surface area (Å²) in [5, 5.41) is 7.20. The van der Waals surface area contributed by atoms with Crippen molar-refractivity contribution in [2.24, 2.45) is 5.92 Å². The lowest BCUT2D eigenvalue weighted by Crippen LogP contribution is -2.47. The van der Waals surface area contributed by atoms with Crippen LogP contribution in [0.15, 0.2) is 61.1 Å². The summed E-state index contributed by atoms with van der Waals surface area (Å²) in [6.07, 6.45) is 0.233. The number of nitrogens with one attached hydrogen (secondary N) is 2. The van der Waals surface area contributed by atoms with Crippen molar-refractivity contribution in [3.63, 3.8) is 0 Å². The molecule has 33 heavy (non-hydrogen) atoms. The maximum atomic E-state index is 13.4. The van der Waals surface area contributed by atoms with Gasteiger partial charge in [-0.2, -0.15) is 13.2 Å². The molecule has 1 amide bonds. The molecule has 0 atom stereocenters. The number of alkyl halides is 3. The topological polar surface area (TPSA) is 79.4 Å². The van der Waals surface area contributed by atoms with E-state index in [1.165, 1.54) is 12.3 Å². The van der Waals surface area contributed by atoms with Crippen LogP contribution >= 0.6 is 0 Å². The van der Waals surface area contributed by atoms with Crippen LogP contribution in [-0.2, 0) is 12.7 Å². The third-order valence-electron chi connectivity index (χ3n) is 5.02. The summed E-state index contributed by atoms with van der Waals surface area (Å²) in [5.41, 5.74) is 0.193. The van der Waals surface area contributed by atoms with E-state index < -0.39 is 17.6 Å². The SMILES string of the molecule is CC1CN(Oc2cc(NC(=O)c3cccnc3NCc3ccncc3)cc(C(F)(F)F)c2)C1. The molecular weight excluding hydrogens is 435 g/mol. The van der Waals surface area contributed by atoms with Crippen molar-refractivity contribution >= 4 is 17.4 Å². The Morgan fingerprint density at radius 3 is 2.61 bits per heavy atom. The van der Waals surface area contributed by atoms with E-state index in [1.54, 1.807) is 29.6 Å². The first-order valence-corrected chi connectivity index (χ1v) is 10.3. The number of halogens is 3. The lowest BCUT2D eigenvalue weighted by molar-refractivity contribution is -0.142. The summed E-state index contributed by atoms with van der Waals surface area (Å²) in [7, 11) is 0. The van der Waals surface area contributed by atoms with E-state index in [0.717, 1.165) is 17.7 Å². The van der Waals surface area contributed by atoms with Gasteiger partial charge in [-0.3, -0.25) is 9.78 Å². The van der Waals surface area contributed by atoms with Crippen molar-refractivity contribution in [2.75, 3.05) is 23.7 Å². The average molecular weight is 457 g/mol. The van der Waals surface area contributed by atoms with Crippen LogP contribution in [0.2, 0.25) is 0 Å². The largest absolute Gasteiger partial charge is 0.416 e. The Kier molecular flexibility index (Phi) is 6.45. The van der Waals surface area contributed by atoms with Crippen molar-refractivity contribution in [1.82, 2.24) is 15.0 Å². The maximum absolute atomic E-state index is 13.4. The summed E-state index contributed by atoms with van der Waals surface area (Å²) in [5.74, 6) is 0.140. The zero-order chi connectivity index (χ0) is 23.4. The van der Waals surface area contributed by atoms with Gasteiger partial charge in [-0.25, -0.2) is 4.98 Å². The lowest BCUT2D eigenvalue weighted by Gasteiger charge is -2.35. The predicted molar refractivity (Wildman–Crippen MR) is 117 cm³/mol. The van der Waals surface area contributed by atoms with Crippen LogP contribution in [0.1, 0.15) is 28.4 Å². The van der Waals surface area contributed by atoms with Crippen LogP contribution in [-0.4, -0.2) is 34.0 Å². The number of anilines is 2. The molecular formula is C23H22F3N5O2. The monoisotopic (exact) mass is 457 g/mol. The number of nitrogens with zero attached hydrogens (tertiary/aromatic N) is 3. The average Bonchev–Trinajstić information content (AvgIpc) is 2.77. The Labute approximate surface area is 188 Å². The molecule has 4 rings (SSSR count). The van der Waals surface area contributed by atoms with Gasteiger partial charge < -0.3 is 15.5 Å². The minimum Gasteiger partial charge on any atom is -0.406 e. The molecule has 10 heteroatoms. The van der Waals surface area contributed by atoms with Crippen molar-refractivity contribution in [1.29, 1.82) is 0 Å². The van der Waals surface area contributed by atoms with E-state index in [1.807, 2.05) is 19.1 Å². The lowest BCUT2D eigenvalue weighted by atomic mass is 10.1. The van der Waals surface area contributed by atoms with Gasteiger partial charge >= 0.3 is 6.18 Å². The number of benzene rings is 1. The fourth-order valence-corrected chi connectivity index (χ4v) is 3.37. The van der Waals surface area contributed by atoms with E-state index >= 15 is 0 Å². The molecule has 1 aliphatic rings. The van der Waals surface area contributed by atoms with E-state index in [4.69, 9.17) is 4.84 Å². The fraction of sp³-hybridized carbons (Fsp3) is 0.261. The number of carbonyl (C=O) groups excluding carboxylic acids is 1. The first-order chi connectivity index (χ1) is 15.8. The number of hydroxylamine groups is 2. The predicted octanol–water partition coefficient (Wildman–Crippen LogP) is 4.61. The van der Waals surface area contributed by atoms with Gasteiger partial charge in [0, 0.05) is 50.0 Å². The van der Waals surface area contributed by atoms with Gasteiger partial charge in [0.15, 0.2) is 0 Å². The molecule has 0 aliphatic carbocycles. The van der Waals surface area contributed by atoms with Crippen LogP contribution < -0.4 is 15.5 Å². The van der Waals surface area contributed by atoms with Crippen LogP contribution in [0.4, 0.5) is 24.7 Å². The molecule has 2 aromatic heterocycles. The standard InChI is InChI=1S/C23H22F3N5O2/c1-15-13-31(14-15)33-19-10-17(23(24,25)26)9-18(11-19)30-22(32)20-3-2-6-28-21(20)29-12-16-4-7-27-8-5-16/h2-11,15H,12-14H2,1H3,(H,28,29)(H,30,32). The first-order valence-electron chi connectivity index (χ1n) is 10.3. The normalized spacial score (nSPS) is 14.4. The van der Waals surface area contributed by atoms with Crippen molar-refractivity contribution in [3.05, 3.63) is 77.7 Å². The first kappa shape index (κ1) is 22.5. The number of rotatable bonds is 7.